The normalized spacial score (nSPS) is 12.4. The lowest BCUT2D eigenvalue weighted by atomic mass is 10.1. The van der Waals surface area contributed by atoms with Crippen LogP contribution in [0.2, 0.25) is 0 Å². The van der Waals surface area contributed by atoms with E-state index in [4.69, 9.17) is 0 Å². The molecule has 8 heteroatoms. The summed E-state index contributed by atoms with van der Waals surface area (Å²) in [5, 5.41) is 2.55. The smallest absolute Gasteiger partial charge is 0.281 e. The first kappa shape index (κ1) is 33.6. The Labute approximate surface area is 302 Å². The summed E-state index contributed by atoms with van der Waals surface area (Å²) in [6, 6.07) is 36.3. The Balaban J connectivity index is 0.975. The van der Waals surface area contributed by atoms with Crippen molar-refractivity contribution < 1.29 is 4.57 Å². The SMILES string of the molecule is C/N=C(\C=C\c1cn(CCSSCCn2cc(/C=C/c3n(C)c4ccccc4[n+]3C)c3ccccc32)c2ccccc12)N(C)c1ccccc1. The summed E-state index contributed by atoms with van der Waals surface area (Å²) >= 11 is 0. The van der Waals surface area contributed by atoms with Crippen LogP contribution in [-0.4, -0.2) is 45.1 Å². The Morgan fingerprint density at radius 2 is 1.24 bits per heavy atom. The third kappa shape index (κ3) is 6.91. The zero-order valence-electron chi connectivity index (χ0n) is 29.1. The van der Waals surface area contributed by atoms with Crippen LogP contribution in [0.5, 0.6) is 0 Å². The van der Waals surface area contributed by atoms with E-state index in [1.54, 1.807) is 0 Å². The zero-order valence-corrected chi connectivity index (χ0v) is 30.7. The van der Waals surface area contributed by atoms with Crippen molar-refractivity contribution in [1.29, 1.82) is 0 Å². The van der Waals surface area contributed by atoms with E-state index in [9.17, 15) is 0 Å². The molecule has 0 saturated carbocycles. The molecule has 0 radical (unpaired) electrons. The Morgan fingerprint density at radius 3 is 1.84 bits per heavy atom. The number of anilines is 1. The molecular weight excluding hydrogens is 653 g/mol. The third-order valence-electron chi connectivity index (χ3n) is 9.39. The topological polar surface area (TPSA) is 34.3 Å². The highest BCUT2D eigenvalue weighted by Gasteiger charge is 2.17. The van der Waals surface area contributed by atoms with E-state index in [-0.39, 0.29) is 0 Å². The van der Waals surface area contributed by atoms with E-state index in [0.717, 1.165) is 36.1 Å². The van der Waals surface area contributed by atoms with Crippen LogP contribution >= 0.6 is 21.6 Å². The number of hydrogen-bond donors (Lipinski definition) is 0. The van der Waals surface area contributed by atoms with Gasteiger partial charge < -0.3 is 14.0 Å². The first-order chi connectivity index (χ1) is 24.5. The minimum absolute atomic E-state index is 0.914. The Morgan fingerprint density at radius 1 is 0.700 bits per heavy atom. The maximum atomic E-state index is 4.56. The lowest BCUT2D eigenvalue weighted by molar-refractivity contribution is -0.647. The number of hydrogen-bond acceptors (Lipinski definition) is 3. The van der Waals surface area contributed by atoms with Crippen molar-refractivity contribution in [2.45, 2.75) is 13.1 Å². The number of para-hydroxylation sites is 5. The van der Waals surface area contributed by atoms with Gasteiger partial charge in [-0.25, -0.2) is 9.13 Å². The molecule has 0 amide bonds. The number of nitrogens with zero attached hydrogens (tertiary/aromatic N) is 6. The second kappa shape index (κ2) is 15.3. The van der Waals surface area contributed by atoms with E-state index < -0.39 is 0 Å². The molecule has 0 atom stereocenters. The highest BCUT2D eigenvalue weighted by Crippen LogP contribution is 2.28. The fourth-order valence-corrected chi connectivity index (χ4v) is 8.68. The van der Waals surface area contributed by atoms with Gasteiger partial charge in [-0.2, -0.15) is 0 Å². The largest absolute Gasteiger partial charge is 0.346 e. The molecule has 3 heterocycles. The third-order valence-corrected chi connectivity index (χ3v) is 11.8. The van der Waals surface area contributed by atoms with Crippen LogP contribution in [0.25, 0.3) is 51.1 Å². The minimum Gasteiger partial charge on any atom is -0.346 e. The fourth-order valence-electron chi connectivity index (χ4n) is 6.75. The number of aryl methyl sites for hydroxylation is 4. The number of rotatable bonds is 12. The number of likely N-dealkylation sites (N-methyl/N-ethyl adjacent to an activating group) is 1. The van der Waals surface area contributed by atoms with Gasteiger partial charge in [0.2, 0.25) is 0 Å². The molecule has 0 aliphatic rings. The zero-order chi connectivity index (χ0) is 34.5. The van der Waals surface area contributed by atoms with Crippen LogP contribution in [0, 0.1) is 0 Å². The van der Waals surface area contributed by atoms with Gasteiger partial charge in [0, 0.05) is 95.8 Å². The van der Waals surface area contributed by atoms with E-state index in [1.807, 2.05) is 34.7 Å². The highest BCUT2D eigenvalue weighted by atomic mass is 33.1. The molecule has 0 saturated heterocycles. The highest BCUT2D eigenvalue weighted by molar-refractivity contribution is 8.76. The molecule has 7 aromatic rings. The van der Waals surface area contributed by atoms with Gasteiger partial charge in [-0.3, -0.25) is 4.99 Å². The average molecular weight is 696 g/mol. The first-order valence-corrected chi connectivity index (χ1v) is 19.5. The van der Waals surface area contributed by atoms with Crippen molar-refractivity contribution in [3.05, 3.63) is 139 Å². The molecule has 0 bridgehead atoms. The molecule has 252 valence electrons. The van der Waals surface area contributed by atoms with Crippen LogP contribution in [-0.2, 0) is 27.2 Å². The average Bonchev–Trinajstić information content (AvgIpc) is 3.78. The van der Waals surface area contributed by atoms with Crippen molar-refractivity contribution in [2.24, 2.45) is 19.1 Å². The molecular formula is C42H43N6S2+. The second-order valence-electron chi connectivity index (χ2n) is 12.3. The van der Waals surface area contributed by atoms with E-state index >= 15 is 0 Å². The molecule has 6 nitrogen and oxygen atoms in total. The molecule has 4 aromatic carbocycles. The summed E-state index contributed by atoms with van der Waals surface area (Å²) in [6.45, 7) is 1.92. The molecule has 0 aliphatic carbocycles. The predicted molar refractivity (Wildman–Crippen MR) is 219 cm³/mol. The van der Waals surface area contributed by atoms with Crippen LogP contribution in [0.3, 0.4) is 0 Å². The van der Waals surface area contributed by atoms with Gasteiger partial charge in [-0.05, 0) is 54.6 Å². The standard InChI is InChI=1S/C42H43N6S2/c1-43-41(44(2)34-14-6-5-7-15-34)24-22-32-30-47(37-18-10-8-16-35(32)37)26-28-49-50-29-27-48-31-33(36-17-9-11-19-38(36)48)23-25-42-45(3)39-20-12-13-21-40(39)46(42)4/h5-25,30-31H,26-29H2,1-4H3/q+1/b24-22+,43-41+. The summed E-state index contributed by atoms with van der Waals surface area (Å²) in [5.74, 6) is 4.16. The summed E-state index contributed by atoms with van der Waals surface area (Å²) in [6.07, 6.45) is 13.4. The van der Waals surface area contributed by atoms with Crippen molar-refractivity contribution in [1.82, 2.24) is 13.7 Å². The van der Waals surface area contributed by atoms with Gasteiger partial charge in [-0.15, -0.1) is 0 Å². The van der Waals surface area contributed by atoms with Crippen molar-refractivity contribution in [3.8, 4) is 0 Å². The van der Waals surface area contributed by atoms with E-state index in [1.165, 1.54) is 49.8 Å². The first-order valence-electron chi connectivity index (χ1n) is 17.0. The number of benzene rings is 4. The number of aromatic nitrogens is 4. The Kier molecular flexibility index (Phi) is 10.3. The Bertz CT molecular complexity index is 2300. The van der Waals surface area contributed by atoms with Gasteiger partial charge in [0.1, 0.15) is 5.84 Å². The maximum absolute atomic E-state index is 4.56. The van der Waals surface area contributed by atoms with Crippen LogP contribution in [0.15, 0.2) is 127 Å². The van der Waals surface area contributed by atoms with Gasteiger partial charge in [0.25, 0.3) is 5.82 Å². The fraction of sp³-hybridized carbons (Fsp3) is 0.190. The summed E-state index contributed by atoms with van der Waals surface area (Å²) < 4.78 is 9.32. The lowest BCUT2D eigenvalue weighted by Crippen LogP contribution is -2.30. The monoisotopic (exact) mass is 695 g/mol. The quantitative estimate of drug-likeness (QED) is 0.0420. The van der Waals surface area contributed by atoms with Crippen LogP contribution in [0.1, 0.15) is 17.0 Å². The maximum Gasteiger partial charge on any atom is 0.281 e. The van der Waals surface area contributed by atoms with Crippen LogP contribution in [0.4, 0.5) is 5.69 Å². The second-order valence-corrected chi connectivity index (χ2v) is 15.0. The molecule has 7 rings (SSSR count). The lowest BCUT2D eigenvalue weighted by Gasteiger charge is -2.18. The number of imidazole rings is 1. The van der Waals surface area contributed by atoms with Gasteiger partial charge in [-0.1, -0.05) is 88.3 Å². The number of amidine groups is 1. The molecule has 3 aromatic heterocycles. The minimum atomic E-state index is 0.914. The summed E-state index contributed by atoms with van der Waals surface area (Å²) in [7, 11) is 12.1. The number of fused-ring (bicyclic) bond motifs is 3. The summed E-state index contributed by atoms with van der Waals surface area (Å²) in [5.41, 5.74) is 8.58. The van der Waals surface area contributed by atoms with Gasteiger partial charge >= 0.3 is 0 Å². The molecule has 0 fully saturated rings. The van der Waals surface area contributed by atoms with E-state index in [0.29, 0.717) is 0 Å². The predicted octanol–water partition coefficient (Wildman–Crippen LogP) is 9.34. The van der Waals surface area contributed by atoms with Crippen LogP contribution < -0.4 is 9.47 Å². The molecule has 0 aliphatic heterocycles. The van der Waals surface area contributed by atoms with Gasteiger partial charge in [0.05, 0.1) is 14.1 Å². The van der Waals surface area contributed by atoms with Crippen molar-refractivity contribution >= 4 is 84.2 Å². The van der Waals surface area contributed by atoms with Crippen molar-refractivity contribution in [2.75, 3.05) is 30.5 Å². The van der Waals surface area contributed by atoms with E-state index in [2.05, 4.69) is 183 Å². The molecule has 0 unspecified atom stereocenters. The van der Waals surface area contributed by atoms with Crippen molar-refractivity contribution in [3.63, 3.8) is 0 Å². The summed E-state index contributed by atoms with van der Waals surface area (Å²) in [4.78, 5) is 6.67. The molecule has 0 N–H and O–H groups in total. The molecule has 0 spiro atoms. The van der Waals surface area contributed by atoms with Gasteiger partial charge in [0.15, 0.2) is 11.0 Å². The molecule has 50 heavy (non-hydrogen) atoms. The number of aliphatic imine (C=N–C) groups is 1. The Hall–Kier alpha value is -4.92.